The molecule has 2 N–H and O–H groups in total. The van der Waals surface area contributed by atoms with Crippen molar-refractivity contribution in [3.05, 3.63) is 60.3 Å². The number of nitrogens with zero attached hydrogens (tertiary/aromatic N) is 3. The minimum atomic E-state index is -0.356. The van der Waals surface area contributed by atoms with Gasteiger partial charge in [-0.25, -0.2) is 0 Å². The number of pyridine rings is 1. The van der Waals surface area contributed by atoms with Gasteiger partial charge in [0.1, 0.15) is 5.69 Å². The van der Waals surface area contributed by atoms with Crippen molar-refractivity contribution in [2.24, 2.45) is 0 Å². The van der Waals surface area contributed by atoms with Gasteiger partial charge in [0.15, 0.2) is 5.01 Å². The van der Waals surface area contributed by atoms with E-state index < -0.39 is 0 Å². The Morgan fingerprint density at radius 3 is 2.52 bits per heavy atom. The normalized spacial score (nSPS) is 10.2. The van der Waals surface area contributed by atoms with Crippen molar-refractivity contribution in [3.63, 3.8) is 0 Å². The molecule has 0 aliphatic carbocycles. The highest BCUT2D eigenvalue weighted by Crippen LogP contribution is 2.24. The number of amides is 2. The Hall–Kier alpha value is -3.13. The smallest absolute Gasteiger partial charge is 0.245 e. The summed E-state index contributed by atoms with van der Waals surface area (Å²) in [7, 11) is 0. The van der Waals surface area contributed by atoms with Gasteiger partial charge in [0.05, 0.1) is 13.0 Å². The van der Waals surface area contributed by atoms with E-state index in [0.717, 1.165) is 5.56 Å². The molecule has 2 amide bonds. The molecule has 0 bridgehead atoms. The molecule has 2 aromatic heterocycles. The molecule has 0 saturated carbocycles. The van der Waals surface area contributed by atoms with Crippen LogP contribution < -0.4 is 10.6 Å². The van der Waals surface area contributed by atoms with Crippen molar-refractivity contribution in [3.8, 4) is 10.7 Å². The van der Waals surface area contributed by atoms with E-state index in [1.807, 2.05) is 48.5 Å². The van der Waals surface area contributed by atoms with E-state index in [9.17, 15) is 9.59 Å². The first-order valence-electron chi connectivity index (χ1n) is 7.56. The molecule has 0 aliphatic heterocycles. The zero-order valence-electron chi connectivity index (χ0n) is 13.2. The number of nitrogens with one attached hydrogen (secondary N) is 2. The number of carbonyl (C=O) groups excluding carboxylic acids is 2. The van der Waals surface area contributed by atoms with E-state index in [1.165, 1.54) is 11.3 Å². The first-order valence-corrected chi connectivity index (χ1v) is 8.38. The second-order valence-electron chi connectivity index (χ2n) is 5.11. The molecule has 0 saturated heterocycles. The minimum Gasteiger partial charge on any atom is -0.347 e. The first kappa shape index (κ1) is 16.7. The van der Waals surface area contributed by atoms with Crippen molar-refractivity contribution < 1.29 is 9.59 Å². The number of aromatic nitrogens is 3. The zero-order valence-corrected chi connectivity index (χ0v) is 14.0. The zero-order chi connectivity index (χ0) is 17.5. The molecule has 0 fully saturated rings. The Morgan fingerprint density at radius 1 is 0.960 bits per heavy atom. The van der Waals surface area contributed by atoms with Gasteiger partial charge in [-0.1, -0.05) is 47.7 Å². The molecule has 0 radical (unpaired) electrons. The van der Waals surface area contributed by atoms with E-state index in [1.54, 1.807) is 6.20 Å². The maximum absolute atomic E-state index is 11.9. The summed E-state index contributed by atoms with van der Waals surface area (Å²) in [4.78, 5) is 27.9. The second-order valence-corrected chi connectivity index (χ2v) is 6.09. The SMILES string of the molecule is O=C(Cc1ccccc1)NCC(=O)Nc1nnc(-c2ccccn2)s1. The summed E-state index contributed by atoms with van der Waals surface area (Å²) in [6, 6.07) is 14.8. The van der Waals surface area contributed by atoms with Crippen LogP contribution in [-0.2, 0) is 16.0 Å². The fourth-order valence-corrected chi connectivity index (χ4v) is 2.79. The average Bonchev–Trinajstić information content (AvgIpc) is 3.10. The molecule has 126 valence electrons. The summed E-state index contributed by atoms with van der Waals surface area (Å²) in [5.41, 5.74) is 1.58. The molecule has 3 aromatic rings. The Balaban J connectivity index is 1.48. The van der Waals surface area contributed by atoms with E-state index >= 15 is 0 Å². The Morgan fingerprint density at radius 2 is 1.76 bits per heavy atom. The Bertz CT molecular complexity index is 852. The van der Waals surface area contributed by atoms with E-state index in [2.05, 4.69) is 25.8 Å². The van der Waals surface area contributed by atoms with Crippen LogP contribution in [0.2, 0.25) is 0 Å². The number of benzene rings is 1. The van der Waals surface area contributed by atoms with Gasteiger partial charge in [-0.05, 0) is 17.7 Å². The maximum Gasteiger partial charge on any atom is 0.245 e. The van der Waals surface area contributed by atoms with Crippen LogP contribution in [0.15, 0.2) is 54.7 Å². The van der Waals surface area contributed by atoms with Gasteiger partial charge >= 0.3 is 0 Å². The lowest BCUT2D eigenvalue weighted by Gasteiger charge is -2.04. The summed E-state index contributed by atoms with van der Waals surface area (Å²) in [5.74, 6) is -0.571. The summed E-state index contributed by atoms with van der Waals surface area (Å²) in [6.07, 6.45) is 1.90. The largest absolute Gasteiger partial charge is 0.347 e. The van der Waals surface area contributed by atoms with Crippen LogP contribution in [0.25, 0.3) is 10.7 Å². The molecule has 0 atom stereocenters. The summed E-state index contributed by atoms with van der Waals surface area (Å²) in [5, 5.41) is 14.1. The number of hydrogen-bond acceptors (Lipinski definition) is 6. The van der Waals surface area contributed by atoms with E-state index in [4.69, 9.17) is 0 Å². The van der Waals surface area contributed by atoms with Crippen LogP contribution in [0, 0.1) is 0 Å². The van der Waals surface area contributed by atoms with E-state index in [-0.39, 0.29) is 24.8 Å². The average molecular weight is 353 g/mol. The molecule has 0 spiro atoms. The molecule has 25 heavy (non-hydrogen) atoms. The predicted molar refractivity (Wildman–Crippen MR) is 94.9 cm³/mol. The molecule has 7 nitrogen and oxygen atoms in total. The van der Waals surface area contributed by atoms with Gasteiger partial charge in [-0.15, -0.1) is 10.2 Å². The third-order valence-electron chi connectivity index (χ3n) is 3.21. The Kier molecular flexibility index (Phi) is 5.43. The van der Waals surface area contributed by atoms with Crippen LogP contribution in [0.3, 0.4) is 0 Å². The monoisotopic (exact) mass is 353 g/mol. The maximum atomic E-state index is 11.9. The molecule has 8 heteroatoms. The van der Waals surface area contributed by atoms with Gasteiger partial charge in [-0.3, -0.25) is 19.9 Å². The van der Waals surface area contributed by atoms with Gasteiger partial charge in [0.2, 0.25) is 16.9 Å². The van der Waals surface area contributed by atoms with Gasteiger partial charge in [0, 0.05) is 6.20 Å². The third kappa shape index (κ3) is 4.92. The first-order chi connectivity index (χ1) is 12.2. The standard InChI is InChI=1S/C17H15N5O2S/c23-14(10-12-6-2-1-3-7-12)19-11-15(24)20-17-22-21-16(25-17)13-8-4-5-9-18-13/h1-9H,10-11H2,(H,19,23)(H,20,22,24). The van der Waals surface area contributed by atoms with Crippen LogP contribution >= 0.6 is 11.3 Å². The summed E-state index contributed by atoms with van der Waals surface area (Å²) in [6.45, 7) is -0.121. The van der Waals surface area contributed by atoms with Gasteiger partial charge in [-0.2, -0.15) is 0 Å². The number of anilines is 1. The lowest BCUT2D eigenvalue weighted by atomic mass is 10.1. The van der Waals surface area contributed by atoms with Gasteiger partial charge in [0.25, 0.3) is 0 Å². The van der Waals surface area contributed by atoms with Crippen molar-refractivity contribution in [1.29, 1.82) is 0 Å². The highest BCUT2D eigenvalue weighted by molar-refractivity contribution is 7.18. The number of hydrogen-bond donors (Lipinski definition) is 2. The van der Waals surface area contributed by atoms with Crippen LogP contribution in [0.4, 0.5) is 5.13 Å². The second kappa shape index (κ2) is 8.11. The fourth-order valence-electron chi connectivity index (χ4n) is 2.05. The predicted octanol–water partition coefficient (Wildman–Crippen LogP) is 1.90. The van der Waals surface area contributed by atoms with Crippen LogP contribution in [-0.4, -0.2) is 33.5 Å². The third-order valence-corrected chi connectivity index (χ3v) is 4.07. The molecule has 2 heterocycles. The quantitative estimate of drug-likeness (QED) is 0.705. The topological polar surface area (TPSA) is 96.9 Å². The van der Waals surface area contributed by atoms with E-state index in [0.29, 0.717) is 15.8 Å². The molecule has 1 aromatic carbocycles. The lowest BCUT2D eigenvalue weighted by Crippen LogP contribution is -2.33. The van der Waals surface area contributed by atoms with Crippen molar-refractivity contribution in [2.75, 3.05) is 11.9 Å². The highest BCUT2D eigenvalue weighted by Gasteiger charge is 2.11. The Labute approximate surface area is 148 Å². The van der Waals surface area contributed by atoms with Crippen LogP contribution in [0.5, 0.6) is 0 Å². The molecular weight excluding hydrogens is 338 g/mol. The highest BCUT2D eigenvalue weighted by atomic mass is 32.1. The van der Waals surface area contributed by atoms with Gasteiger partial charge < -0.3 is 5.32 Å². The molecule has 0 unspecified atom stereocenters. The van der Waals surface area contributed by atoms with Crippen molar-refractivity contribution >= 4 is 28.3 Å². The fraction of sp³-hybridized carbons (Fsp3) is 0.118. The molecule has 0 aliphatic rings. The van der Waals surface area contributed by atoms with Crippen LogP contribution in [0.1, 0.15) is 5.56 Å². The number of carbonyl (C=O) groups is 2. The molecule has 3 rings (SSSR count). The summed E-state index contributed by atoms with van der Waals surface area (Å²) >= 11 is 1.22. The lowest BCUT2D eigenvalue weighted by molar-refractivity contribution is -0.123. The molecular formula is C17H15N5O2S. The summed E-state index contributed by atoms with van der Waals surface area (Å²) < 4.78 is 0. The minimum absolute atomic E-state index is 0.121. The van der Waals surface area contributed by atoms with Crippen molar-refractivity contribution in [1.82, 2.24) is 20.5 Å². The number of rotatable bonds is 6. The van der Waals surface area contributed by atoms with Crippen molar-refractivity contribution in [2.45, 2.75) is 6.42 Å².